The van der Waals surface area contributed by atoms with E-state index in [2.05, 4.69) is 21.0 Å². The zero-order chi connectivity index (χ0) is 23.4. The predicted octanol–water partition coefficient (Wildman–Crippen LogP) is 0.543. The number of fused-ring (bicyclic) bond motifs is 1. The van der Waals surface area contributed by atoms with E-state index >= 15 is 0 Å². The molecule has 4 N–H and O–H groups in total. The Balaban J connectivity index is 1.17. The molecule has 2 fully saturated rings. The molecule has 4 rings (SSSR count). The minimum atomic E-state index is -0.889. The number of nitrogens with zero attached hydrogens (tertiary/aromatic N) is 2. The molecule has 1 aromatic carbocycles. The number of aromatic nitrogens is 2. The zero-order valence-electron chi connectivity index (χ0n) is 18.6. The Kier molecular flexibility index (Phi) is 7.11. The molecule has 3 amide bonds. The molecule has 11 heteroatoms. The highest BCUT2D eigenvalue weighted by atomic mass is 16.6. The molecule has 11 nitrogen and oxygen atoms in total. The fourth-order valence-corrected chi connectivity index (χ4v) is 4.09. The van der Waals surface area contributed by atoms with Crippen LogP contribution in [0.4, 0.5) is 10.5 Å². The standard InChI is InChI=1S/C22H29N5O6/c1-27-12-13(10-25-27)9-23-19(28)8-16-7-17-21(32-16)20(29)18(33-17)11-24-22(30)26-14-3-5-15(31-2)6-4-14/h3-6,10,12,16-18,20-21,29H,7-9,11H2,1-2H3,(H,23,28)(H2,24,26,30)/t16-,17+,18+,20+,21-/m0/s1. The van der Waals surface area contributed by atoms with Crippen LogP contribution in [-0.2, 0) is 27.9 Å². The summed E-state index contributed by atoms with van der Waals surface area (Å²) in [6.45, 7) is 0.535. The van der Waals surface area contributed by atoms with Gasteiger partial charge in [-0.15, -0.1) is 0 Å². The zero-order valence-corrected chi connectivity index (χ0v) is 18.6. The van der Waals surface area contributed by atoms with Gasteiger partial charge in [-0.1, -0.05) is 0 Å². The lowest BCUT2D eigenvalue weighted by molar-refractivity contribution is -0.124. The van der Waals surface area contributed by atoms with E-state index < -0.39 is 24.3 Å². The fourth-order valence-electron chi connectivity index (χ4n) is 4.09. The summed E-state index contributed by atoms with van der Waals surface area (Å²) in [6.07, 6.45) is 1.62. The van der Waals surface area contributed by atoms with Gasteiger partial charge in [0.1, 0.15) is 24.1 Å². The fraction of sp³-hybridized carbons (Fsp3) is 0.500. The number of rotatable bonds is 8. The van der Waals surface area contributed by atoms with Crippen molar-refractivity contribution < 1.29 is 28.9 Å². The SMILES string of the molecule is COc1ccc(NC(=O)NC[C@H]2O[C@@H]3C[C@@H](CC(=O)NCc4cnn(C)c4)O[C@@H]3[C@@H]2O)cc1. The second-order valence-electron chi connectivity index (χ2n) is 8.23. The summed E-state index contributed by atoms with van der Waals surface area (Å²) in [5, 5.41) is 22.9. The highest BCUT2D eigenvalue weighted by Gasteiger charge is 2.50. The van der Waals surface area contributed by atoms with Crippen molar-refractivity contribution in [1.82, 2.24) is 20.4 Å². The molecule has 0 radical (unpaired) electrons. The lowest BCUT2D eigenvalue weighted by Crippen LogP contribution is -2.42. The van der Waals surface area contributed by atoms with Gasteiger partial charge < -0.3 is 35.3 Å². The monoisotopic (exact) mass is 459 g/mol. The number of methoxy groups -OCH3 is 1. The third-order valence-corrected chi connectivity index (χ3v) is 5.75. The highest BCUT2D eigenvalue weighted by molar-refractivity contribution is 5.89. The molecule has 2 aromatic rings. The van der Waals surface area contributed by atoms with Crippen molar-refractivity contribution in [2.45, 2.75) is 49.9 Å². The number of carbonyl (C=O) groups excluding carboxylic acids is 2. The Hall–Kier alpha value is -3.15. The summed E-state index contributed by atoms with van der Waals surface area (Å²) >= 11 is 0. The van der Waals surface area contributed by atoms with Crippen LogP contribution in [0.25, 0.3) is 0 Å². The first-order valence-electron chi connectivity index (χ1n) is 10.8. The normalized spacial score (nSPS) is 26.0. The number of carbonyl (C=O) groups is 2. The molecule has 2 saturated heterocycles. The first-order chi connectivity index (χ1) is 15.9. The number of ether oxygens (including phenoxy) is 3. The summed E-state index contributed by atoms with van der Waals surface area (Å²) in [5.74, 6) is 0.561. The van der Waals surface area contributed by atoms with Crippen LogP contribution in [0.3, 0.4) is 0 Å². The molecule has 5 atom stereocenters. The minimum Gasteiger partial charge on any atom is -0.497 e. The Labute approximate surface area is 191 Å². The summed E-state index contributed by atoms with van der Waals surface area (Å²) in [6, 6.07) is 6.54. The van der Waals surface area contributed by atoms with Crippen LogP contribution in [0.2, 0.25) is 0 Å². The predicted molar refractivity (Wildman–Crippen MR) is 118 cm³/mol. The van der Waals surface area contributed by atoms with Gasteiger partial charge >= 0.3 is 6.03 Å². The molecule has 0 aliphatic carbocycles. The third kappa shape index (κ3) is 5.81. The van der Waals surface area contributed by atoms with E-state index in [4.69, 9.17) is 14.2 Å². The molecular formula is C22H29N5O6. The molecule has 33 heavy (non-hydrogen) atoms. The third-order valence-electron chi connectivity index (χ3n) is 5.75. The van der Waals surface area contributed by atoms with E-state index in [-0.39, 0.29) is 31.1 Å². The number of benzene rings is 1. The smallest absolute Gasteiger partial charge is 0.319 e. The first kappa shape index (κ1) is 23.0. The van der Waals surface area contributed by atoms with Crippen LogP contribution >= 0.6 is 0 Å². The number of aliphatic hydroxyl groups excluding tert-OH is 1. The summed E-state index contributed by atoms with van der Waals surface area (Å²) in [4.78, 5) is 24.4. The van der Waals surface area contributed by atoms with Crippen molar-refractivity contribution in [2.75, 3.05) is 19.0 Å². The van der Waals surface area contributed by atoms with Crippen LogP contribution in [0.1, 0.15) is 18.4 Å². The molecule has 0 unspecified atom stereocenters. The Morgan fingerprint density at radius 2 is 2.03 bits per heavy atom. The van der Waals surface area contributed by atoms with Gasteiger partial charge in [-0.25, -0.2) is 4.79 Å². The van der Waals surface area contributed by atoms with Crippen molar-refractivity contribution in [3.63, 3.8) is 0 Å². The molecule has 2 aliphatic rings. The van der Waals surface area contributed by atoms with E-state index in [0.29, 0.717) is 24.4 Å². The number of hydrogen-bond donors (Lipinski definition) is 4. The van der Waals surface area contributed by atoms with Gasteiger partial charge in [0.2, 0.25) is 5.91 Å². The van der Waals surface area contributed by atoms with E-state index in [0.717, 1.165) is 5.56 Å². The van der Waals surface area contributed by atoms with Crippen LogP contribution in [-0.4, -0.2) is 71.0 Å². The van der Waals surface area contributed by atoms with Crippen molar-refractivity contribution in [3.8, 4) is 5.75 Å². The summed E-state index contributed by atoms with van der Waals surface area (Å²) < 4.78 is 18.5. The van der Waals surface area contributed by atoms with Crippen LogP contribution < -0.4 is 20.7 Å². The average molecular weight is 460 g/mol. The molecule has 0 spiro atoms. The van der Waals surface area contributed by atoms with Crippen LogP contribution in [0.15, 0.2) is 36.7 Å². The number of aryl methyl sites for hydroxylation is 1. The van der Waals surface area contributed by atoms with Gasteiger partial charge in [0, 0.05) is 44.0 Å². The second kappa shape index (κ2) is 10.2. The molecule has 1 aromatic heterocycles. The lowest BCUT2D eigenvalue weighted by Gasteiger charge is -2.20. The molecule has 178 valence electrons. The van der Waals surface area contributed by atoms with E-state index in [1.165, 1.54) is 0 Å². The van der Waals surface area contributed by atoms with Crippen molar-refractivity contribution in [3.05, 3.63) is 42.2 Å². The van der Waals surface area contributed by atoms with Gasteiger partial charge in [-0.2, -0.15) is 5.10 Å². The maximum atomic E-state index is 12.2. The second-order valence-corrected chi connectivity index (χ2v) is 8.23. The van der Waals surface area contributed by atoms with Gasteiger partial charge in [0.15, 0.2) is 0 Å². The Bertz CT molecular complexity index is 964. The Morgan fingerprint density at radius 3 is 2.70 bits per heavy atom. The Morgan fingerprint density at radius 1 is 1.24 bits per heavy atom. The molecule has 2 aliphatic heterocycles. The number of nitrogens with one attached hydrogen (secondary N) is 3. The van der Waals surface area contributed by atoms with Crippen molar-refractivity contribution >= 4 is 17.6 Å². The van der Waals surface area contributed by atoms with Crippen molar-refractivity contribution in [1.29, 1.82) is 0 Å². The number of amides is 3. The maximum Gasteiger partial charge on any atom is 0.319 e. The van der Waals surface area contributed by atoms with Gasteiger partial charge in [-0.3, -0.25) is 9.48 Å². The van der Waals surface area contributed by atoms with E-state index in [1.807, 2.05) is 13.2 Å². The van der Waals surface area contributed by atoms with Gasteiger partial charge in [0.05, 0.1) is 31.9 Å². The van der Waals surface area contributed by atoms with Crippen molar-refractivity contribution in [2.24, 2.45) is 7.05 Å². The quantitative estimate of drug-likeness (QED) is 0.452. The topological polar surface area (TPSA) is 136 Å². The molecular weight excluding hydrogens is 430 g/mol. The summed E-state index contributed by atoms with van der Waals surface area (Å²) in [7, 11) is 3.39. The highest BCUT2D eigenvalue weighted by Crippen LogP contribution is 2.35. The number of aliphatic hydroxyl groups is 1. The lowest BCUT2D eigenvalue weighted by atomic mass is 10.1. The molecule has 0 bridgehead atoms. The van der Waals surface area contributed by atoms with Crippen LogP contribution in [0, 0.1) is 0 Å². The number of anilines is 1. The molecule has 3 heterocycles. The van der Waals surface area contributed by atoms with Crippen LogP contribution in [0.5, 0.6) is 5.75 Å². The largest absolute Gasteiger partial charge is 0.497 e. The number of urea groups is 1. The minimum absolute atomic E-state index is 0.133. The molecule has 0 saturated carbocycles. The first-order valence-corrected chi connectivity index (χ1v) is 10.8. The maximum absolute atomic E-state index is 12.2. The van der Waals surface area contributed by atoms with Gasteiger partial charge in [-0.05, 0) is 24.3 Å². The van der Waals surface area contributed by atoms with Gasteiger partial charge in [0.25, 0.3) is 0 Å². The average Bonchev–Trinajstić information content (AvgIpc) is 3.47. The number of hydrogen-bond acceptors (Lipinski definition) is 7. The summed E-state index contributed by atoms with van der Waals surface area (Å²) in [5.41, 5.74) is 1.53. The van der Waals surface area contributed by atoms with E-state index in [9.17, 15) is 14.7 Å². The van der Waals surface area contributed by atoms with E-state index in [1.54, 1.807) is 42.3 Å².